The average Bonchev–Trinajstić information content (AvgIpc) is 2.88. The van der Waals surface area contributed by atoms with Crippen molar-refractivity contribution in [2.45, 2.75) is 116 Å². The Balaban J connectivity index is 2.21. The van der Waals surface area contributed by atoms with Crippen LogP contribution in [0.4, 0.5) is 10.5 Å². The zero-order valence-electron chi connectivity index (χ0n) is 23.2. The molecule has 0 aromatic heterocycles. The molecule has 0 saturated carbocycles. The minimum Gasteiger partial charge on any atom is -0.493 e. The average molecular weight is 525 g/mol. The van der Waals surface area contributed by atoms with Crippen molar-refractivity contribution in [3.8, 4) is 11.5 Å². The molecule has 37 heavy (non-hydrogen) atoms. The van der Waals surface area contributed by atoms with Gasteiger partial charge in [0, 0.05) is 0 Å². The van der Waals surface area contributed by atoms with E-state index in [2.05, 4.69) is 6.92 Å². The van der Waals surface area contributed by atoms with E-state index in [-0.39, 0.29) is 35.9 Å². The van der Waals surface area contributed by atoms with Gasteiger partial charge >= 0.3 is 6.09 Å². The van der Waals surface area contributed by atoms with Crippen molar-refractivity contribution >= 4 is 11.8 Å². The second-order valence-electron chi connectivity index (χ2n) is 9.55. The van der Waals surface area contributed by atoms with Gasteiger partial charge in [0.05, 0.1) is 43.9 Å². The Labute approximate surface area is 222 Å². The summed E-state index contributed by atoms with van der Waals surface area (Å²) in [6.07, 6.45) is 18.8. The summed E-state index contributed by atoms with van der Waals surface area (Å²) in [4.78, 5) is 28.0. The molecule has 0 unspecified atom stereocenters. The number of carboxylic acid groups (broad SMARTS) is 1. The molecule has 1 aromatic rings. The van der Waals surface area contributed by atoms with Gasteiger partial charge in [-0.25, -0.2) is 4.79 Å². The van der Waals surface area contributed by atoms with E-state index < -0.39 is 11.0 Å². The zero-order chi connectivity index (χ0) is 27.3. The molecular formula is C28H48N2O7. The van der Waals surface area contributed by atoms with Crippen LogP contribution in [0.25, 0.3) is 0 Å². The molecular weight excluding hydrogens is 476 g/mol. The van der Waals surface area contributed by atoms with Crippen LogP contribution in [-0.2, 0) is 11.4 Å². The lowest BCUT2D eigenvalue weighted by Crippen LogP contribution is -2.30. The van der Waals surface area contributed by atoms with Crippen LogP contribution in [0.1, 0.15) is 115 Å². The van der Waals surface area contributed by atoms with Crippen molar-refractivity contribution in [2.75, 3.05) is 20.8 Å². The summed E-state index contributed by atoms with van der Waals surface area (Å²) in [6, 6.07) is 2.63. The number of nitro groups is 1. The summed E-state index contributed by atoms with van der Waals surface area (Å²) in [5.74, 6) is 0.486. The lowest BCUT2D eigenvalue weighted by Gasteiger charge is -2.19. The van der Waals surface area contributed by atoms with Gasteiger partial charge < -0.3 is 14.6 Å². The SMILES string of the molecule is CCCCCCCCCCCCCCCCCCON(Cc1cc(OC)c(OC)cc1[N+](=O)[O-])C(=O)O. The highest BCUT2D eigenvalue weighted by atomic mass is 16.7. The van der Waals surface area contributed by atoms with Crippen LogP contribution in [0.2, 0.25) is 0 Å². The standard InChI is InChI=1S/C28H48N2O7/c1-4-5-6-7-8-9-10-11-12-13-14-15-16-17-18-19-20-37-29(28(31)32)23-24-21-26(35-2)27(36-3)22-25(24)30(33)34/h21-22H,4-20,23H2,1-3H3,(H,31,32). The largest absolute Gasteiger partial charge is 0.493 e. The van der Waals surface area contributed by atoms with Crippen molar-refractivity contribution in [3.05, 3.63) is 27.8 Å². The van der Waals surface area contributed by atoms with Crippen LogP contribution >= 0.6 is 0 Å². The van der Waals surface area contributed by atoms with Gasteiger partial charge in [-0.3, -0.25) is 15.0 Å². The molecule has 0 radical (unpaired) electrons. The van der Waals surface area contributed by atoms with Crippen molar-refractivity contribution in [1.82, 2.24) is 5.06 Å². The second-order valence-corrected chi connectivity index (χ2v) is 9.55. The van der Waals surface area contributed by atoms with E-state index in [0.717, 1.165) is 24.3 Å². The number of nitro benzene ring substituents is 1. The molecule has 1 N–H and O–H groups in total. The van der Waals surface area contributed by atoms with E-state index in [9.17, 15) is 20.0 Å². The third-order valence-corrected chi connectivity index (χ3v) is 6.55. The molecule has 1 amide bonds. The maximum Gasteiger partial charge on any atom is 0.431 e. The van der Waals surface area contributed by atoms with Gasteiger partial charge in [0.25, 0.3) is 5.69 Å². The third-order valence-electron chi connectivity index (χ3n) is 6.55. The topological polar surface area (TPSA) is 111 Å². The third kappa shape index (κ3) is 14.1. The molecule has 0 fully saturated rings. The lowest BCUT2D eigenvalue weighted by atomic mass is 10.0. The van der Waals surface area contributed by atoms with Gasteiger partial charge in [-0.1, -0.05) is 103 Å². The number of hydroxylamine groups is 2. The van der Waals surface area contributed by atoms with Gasteiger partial charge in [0.1, 0.15) is 0 Å². The highest BCUT2D eigenvalue weighted by Crippen LogP contribution is 2.35. The molecule has 0 aliphatic heterocycles. The van der Waals surface area contributed by atoms with Crippen LogP contribution < -0.4 is 9.47 Å². The van der Waals surface area contributed by atoms with E-state index in [0.29, 0.717) is 0 Å². The fraction of sp³-hybridized carbons (Fsp3) is 0.750. The number of methoxy groups -OCH3 is 2. The molecule has 9 nitrogen and oxygen atoms in total. The Morgan fingerprint density at radius 2 is 1.24 bits per heavy atom. The summed E-state index contributed by atoms with van der Waals surface area (Å²) < 4.78 is 10.3. The Morgan fingerprint density at radius 3 is 1.65 bits per heavy atom. The molecule has 0 spiro atoms. The predicted octanol–water partition coefficient (Wildman–Crippen LogP) is 8.29. The molecule has 1 rings (SSSR count). The molecule has 0 saturated heterocycles. The summed E-state index contributed by atoms with van der Waals surface area (Å²) in [6.45, 7) is 2.21. The monoisotopic (exact) mass is 524 g/mol. The van der Waals surface area contributed by atoms with E-state index in [1.165, 1.54) is 110 Å². The first-order valence-corrected chi connectivity index (χ1v) is 14.0. The number of hydrogen-bond donors (Lipinski definition) is 1. The van der Waals surface area contributed by atoms with Crippen molar-refractivity contribution in [2.24, 2.45) is 0 Å². The quantitative estimate of drug-likeness (QED) is 0.0870. The molecule has 9 heteroatoms. The number of hydrogen-bond acceptors (Lipinski definition) is 6. The van der Waals surface area contributed by atoms with Crippen molar-refractivity contribution in [3.63, 3.8) is 0 Å². The number of unbranched alkanes of at least 4 members (excludes halogenated alkanes) is 15. The Morgan fingerprint density at radius 1 is 0.811 bits per heavy atom. The van der Waals surface area contributed by atoms with E-state index >= 15 is 0 Å². The predicted molar refractivity (Wildman–Crippen MR) is 145 cm³/mol. The molecule has 1 aromatic carbocycles. The summed E-state index contributed by atoms with van der Waals surface area (Å²) in [7, 11) is 2.79. The smallest absolute Gasteiger partial charge is 0.431 e. The van der Waals surface area contributed by atoms with Crippen molar-refractivity contribution in [1.29, 1.82) is 0 Å². The van der Waals surface area contributed by atoms with Gasteiger partial charge in [-0.2, -0.15) is 5.06 Å². The summed E-state index contributed by atoms with van der Waals surface area (Å²) >= 11 is 0. The molecule has 0 aliphatic carbocycles. The Bertz CT molecular complexity index is 773. The maximum atomic E-state index is 11.6. The van der Waals surface area contributed by atoms with Crippen LogP contribution in [0.15, 0.2) is 12.1 Å². The summed E-state index contributed by atoms with van der Waals surface area (Å²) in [5.41, 5.74) is -0.0908. The highest BCUT2D eigenvalue weighted by Gasteiger charge is 2.24. The second kappa shape index (κ2) is 20.5. The fourth-order valence-corrected chi connectivity index (χ4v) is 4.36. The molecule has 0 atom stereocenters. The van der Waals surface area contributed by atoms with Crippen LogP contribution in [0.3, 0.4) is 0 Å². The first-order valence-electron chi connectivity index (χ1n) is 14.0. The van der Waals surface area contributed by atoms with E-state index in [4.69, 9.17) is 14.3 Å². The number of nitrogens with zero attached hydrogens (tertiary/aromatic N) is 2. The van der Waals surface area contributed by atoms with Gasteiger partial charge in [0.15, 0.2) is 11.5 Å². The van der Waals surface area contributed by atoms with Crippen LogP contribution in [-0.4, -0.2) is 42.0 Å². The maximum absolute atomic E-state index is 11.6. The minimum atomic E-state index is -1.31. The van der Waals surface area contributed by atoms with Gasteiger partial charge in [-0.15, -0.1) is 0 Å². The van der Waals surface area contributed by atoms with Gasteiger partial charge in [-0.05, 0) is 12.5 Å². The first kappa shape index (κ1) is 32.5. The van der Waals surface area contributed by atoms with E-state index in [1.807, 2.05) is 0 Å². The Kier molecular flexibility index (Phi) is 18.0. The number of carbonyl (C=O) groups is 1. The number of ether oxygens (including phenoxy) is 2. The molecule has 212 valence electrons. The van der Waals surface area contributed by atoms with Gasteiger partial charge in [0.2, 0.25) is 0 Å². The normalized spacial score (nSPS) is 10.9. The summed E-state index contributed by atoms with van der Waals surface area (Å²) in [5, 5.41) is 21.7. The number of benzene rings is 1. The highest BCUT2D eigenvalue weighted by molar-refractivity contribution is 5.64. The zero-order valence-corrected chi connectivity index (χ0v) is 23.2. The van der Waals surface area contributed by atoms with Crippen LogP contribution in [0, 0.1) is 10.1 Å². The van der Waals surface area contributed by atoms with Crippen LogP contribution in [0.5, 0.6) is 11.5 Å². The minimum absolute atomic E-state index is 0.164. The molecule has 0 bridgehead atoms. The van der Waals surface area contributed by atoms with Crippen molar-refractivity contribution < 1.29 is 29.1 Å². The number of rotatable bonds is 23. The molecule has 0 aliphatic rings. The van der Waals surface area contributed by atoms with E-state index in [1.54, 1.807) is 0 Å². The fourth-order valence-electron chi connectivity index (χ4n) is 4.36. The Hall–Kier alpha value is -2.55. The number of amides is 1. The first-order chi connectivity index (χ1) is 17.9. The lowest BCUT2D eigenvalue weighted by molar-refractivity contribution is -0.386. The molecule has 0 heterocycles.